The van der Waals surface area contributed by atoms with Gasteiger partial charge in [-0.25, -0.2) is 0 Å². The highest BCUT2D eigenvalue weighted by molar-refractivity contribution is 5.81. The lowest BCUT2D eigenvalue weighted by Gasteiger charge is -2.42. The van der Waals surface area contributed by atoms with E-state index in [0.29, 0.717) is 0 Å². The van der Waals surface area contributed by atoms with E-state index in [0.717, 1.165) is 37.0 Å². The van der Waals surface area contributed by atoms with E-state index >= 15 is 0 Å². The summed E-state index contributed by atoms with van der Waals surface area (Å²) in [5.74, 6) is 0.932. The van der Waals surface area contributed by atoms with Gasteiger partial charge in [-0.05, 0) is 55.9 Å². The Kier molecular flexibility index (Phi) is 3.82. The molecule has 2 aromatic rings. The van der Waals surface area contributed by atoms with Gasteiger partial charge in [0, 0.05) is 5.92 Å². The maximum absolute atomic E-state index is 12.8. The van der Waals surface area contributed by atoms with E-state index in [1.54, 1.807) is 7.11 Å². The molecule has 2 aromatic carbocycles. The Bertz CT molecular complexity index is 768. The fourth-order valence-corrected chi connectivity index (χ4v) is 4.75. The van der Waals surface area contributed by atoms with Crippen LogP contribution in [0.4, 0.5) is 0 Å². The topological polar surface area (TPSA) is 35.5 Å². The lowest BCUT2D eigenvalue weighted by Crippen LogP contribution is -2.43. The van der Waals surface area contributed by atoms with Gasteiger partial charge in [0.1, 0.15) is 11.4 Å². The molecule has 0 amide bonds. The maximum atomic E-state index is 12.8. The Labute approximate surface area is 149 Å². The molecule has 0 aromatic heterocycles. The van der Waals surface area contributed by atoms with Crippen LogP contribution in [0.2, 0.25) is 0 Å². The Morgan fingerprint density at radius 2 is 1.80 bits per heavy atom. The van der Waals surface area contributed by atoms with E-state index in [-0.39, 0.29) is 11.9 Å². The van der Waals surface area contributed by atoms with Crippen molar-refractivity contribution in [3.63, 3.8) is 0 Å². The zero-order valence-electron chi connectivity index (χ0n) is 14.8. The smallest absolute Gasteiger partial charge is 0.313 e. The third-order valence-electron chi connectivity index (χ3n) is 6.18. The van der Waals surface area contributed by atoms with Crippen LogP contribution in [-0.4, -0.2) is 13.1 Å². The van der Waals surface area contributed by atoms with Gasteiger partial charge in [0.05, 0.1) is 12.5 Å². The minimum absolute atomic E-state index is 0.0400. The molecular formula is C22H24O3. The first kappa shape index (κ1) is 16.2. The Morgan fingerprint density at radius 3 is 2.48 bits per heavy atom. The number of methoxy groups -OCH3 is 1. The molecular weight excluding hydrogens is 312 g/mol. The fourth-order valence-electron chi connectivity index (χ4n) is 4.75. The largest absolute Gasteiger partial charge is 0.497 e. The molecule has 4 rings (SSSR count). The van der Waals surface area contributed by atoms with E-state index in [9.17, 15) is 4.79 Å². The van der Waals surface area contributed by atoms with Gasteiger partial charge < -0.3 is 9.47 Å². The molecule has 0 spiro atoms. The van der Waals surface area contributed by atoms with Gasteiger partial charge in [-0.2, -0.15) is 0 Å². The van der Waals surface area contributed by atoms with E-state index in [4.69, 9.17) is 9.47 Å². The normalized spacial score (nSPS) is 30.8. The molecule has 2 fully saturated rings. The van der Waals surface area contributed by atoms with Crippen LogP contribution in [0, 0.1) is 11.3 Å². The third kappa shape index (κ3) is 2.45. The summed E-state index contributed by atoms with van der Waals surface area (Å²) in [6.45, 7) is 2.09. The van der Waals surface area contributed by atoms with Crippen LogP contribution in [0.25, 0.3) is 0 Å². The second-order valence-electron chi connectivity index (χ2n) is 7.52. The first-order valence-corrected chi connectivity index (χ1v) is 9.00. The molecule has 25 heavy (non-hydrogen) atoms. The van der Waals surface area contributed by atoms with Crippen molar-refractivity contribution in [2.75, 3.05) is 7.11 Å². The molecule has 1 saturated heterocycles. The van der Waals surface area contributed by atoms with Crippen LogP contribution in [0.3, 0.4) is 0 Å². The molecule has 0 radical (unpaired) electrons. The minimum atomic E-state index is -0.522. The Hall–Kier alpha value is -2.29. The number of carbonyl (C=O) groups is 1. The van der Waals surface area contributed by atoms with Crippen LogP contribution in [0.5, 0.6) is 5.75 Å². The van der Waals surface area contributed by atoms with Crippen molar-refractivity contribution in [1.82, 2.24) is 0 Å². The van der Waals surface area contributed by atoms with Crippen molar-refractivity contribution in [3.8, 4) is 5.75 Å². The van der Waals surface area contributed by atoms with E-state index in [1.165, 1.54) is 5.56 Å². The molecule has 1 aliphatic heterocycles. The predicted octanol–water partition coefficient (Wildman–Crippen LogP) is 4.50. The van der Waals surface area contributed by atoms with Crippen molar-refractivity contribution in [1.29, 1.82) is 0 Å². The van der Waals surface area contributed by atoms with Crippen LogP contribution in [0.1, 0.15) is 37.3 Å². The van der Waals surface area contributed by atoms with Crippen LogP contribution in [-0.2, 0) is 21.6 Å². The summed E-state index contributed by atoms with van der Waals surface area (Å²) in [6, 6.07) is 18.5. The molecule has 130 valence electrons. The molecule has 1 heterocycles. The average molecular weight is 336 g/mol. The van der Waals surface area contributed by atoms with Crippen molar-refractivity contribution in [3.05, 3.63) is 65.7 Å². The minimum Gasteiger partial charge on any atom is -0.497 e. The summed E-state index contributed by atoms with van der Waals surface area (Å²) in [7, 11) is 1.67. The highest BCUT2D eigenvalue weighted by Gasteiger charge is 2.64. The second-order valence-corrected chi connectivity index (χ2v) is 7.52. The quantitative estimate of drug-likeness (QED) is 0.771. The fraction of sp³-hybridized carbons (Fsp3) is 0.409. The molecule has 3 atom stereocenters. The number of rotatable bonds is 4. The second kappa shape index (κ2) is 5.91. The van der Waals surface area contributed by atoms with E-state index in [1.807, 2.05) is 18.2 Å². The number of esters is 1. The monoisotopic (exact) mass is 336 g/mol. The van der Waals surface area contributed by atoms with E-state index in [2.05, 4.69) is 43.3 Å². The van der Waals surface area contributed by atoms with Crippen molar-refractivity contribution in [2.45, 2.75) is 38.2 Å². The number of benzene rings is 2. The van der Waals surface area contributed by atoms with Gasteiger partial charge in [0.25, 0.3) is 0 Å². The summed E-state index contributed by atoms with van der Waals surface area (Å²) in [5, 5.41) is 0. The van der Waals surface area contributed by atoms with Gasteiger partial charge in [-0.3, -0.25) is 4.79 Å². The summed E-state index contributed by atoms with van der Waals surface area (Å²) >= 11 is 0. The molecule has 2 bridgehead atoms. The first-order valence-electron chi connectivity index (χ1n) is 9.00. The average Bonchev–Trinajstić information content (AvgIpc) is 2.76. The zero-order valence-corrected chi connectivity index (χ0v) is 14.8. The number of hydrogen-bond acceptors (Lipinski definition) is 3. The lowest BCUT2D eigenvalue weighted by atomic mass is 9.59. The Morgan fingerprint density at radius 1 is 1.08 bits per heavy atom. The molecule has 1 aliphatic carbocycles. The summed E-state index contributed by atoms with van der Waals surface area (Å²) in [4.78, 5) is 12.8. The van der Waals surface area contributed by atoms with Crippen LogP contribution >= 0.6 is 0 Å². The van der Waals surface area contributed by atoms with Crippen molar-refractivity contribution < 1.29 is 14.3 Å². The van der Waals surface area contributed by atoms with Crippen LogP contribution < -0.4 is 4.74 Å². The molecule has 3 heteroatoms. The molecule has 1 saturated carbocycles. The van der Waals surface area contributed by atoms with Gasteiger partial charge >= 0.3 is 5.97 Å². The molecule has 3 nitrogen and oxygen atoms in total. The highest BCUT2D eigenvalue weighted by atomic mass is 16.6. The van der Waals surface area contributed by atoms with Gasteiger partial charge in [-0.15, -0.1) is 0 Å². The standard InChI is InChI=1S/C22H24O3/c1-21-13-6-14-22(25-20(21)23,17-9-11-18(24-2)12-10-17)19(21)15-16-7-4-3-5-8-16/h3-5,7-12,19H,6,13-15H2,1-2H3/t19-,21+,22+/m1/s1. The first-order chi connectivity index (χ1) is 12.1. The van der Waals surface area contributed by atoms with Crippen LogP contribution in [0.15, 0.2) is 54.6 Å². The van der Waals surface area contributed by atoms with Gasteiger partial charge in [-0.1, -0.05) is 42.5 Å². The van der Waals surface area contributed by atoms with Crippen molar-refractivity contribution in [2.24, 2.45) is 11.3 Å². The van der Waals surface area contributed by atoms with Gasteiger partial charge in [0.2, 0.25) is 0 Å². The predicted molar refractivity (Wildman–Crippen MR) is 96.4 cm³/mol. The molecule has 0 N–H and O–H groups in total. The zero-order chi connectivity index (χ0) is 17.5. The third-order valence-corrected chi connectivity index (χ3v) is 6.18. The number of ether oxygens (including phenoxy) is 2. The lowest BCUT2D eigenvalue weighted by molar-refractivity contribution is -0.153. The number of carbonyl (C=O) groups excluding carboxylic acids is 1. The Balaban J connectivity index is 1.78. The highest BCUT2D eigenvalue weighted by Crippen LogP contribution is 2.60. The van der Waals surface area contributed by atoms with E-state index < -0.39 is 11.0 Å². The summed E-state index contributed by atoms with van der Waals surface area (Å²) < 4.78 is 11.4. The van der Waals surface area contributed by atoms with Gasteiger partial charge in [0.15, 0.2) is 0 Å². The SMILES string of the molecule is COc1ccc([C@]23CCC[C@](C)(C(=O)O2)[C@H]3Cc2ccccc2)cc1. The maximum Gasteiger partial charge on any atom is 0.313 e. The van der Waals surface area contributed by atoms with Crippen molar-refractivity contribution >= 4 is 5.97 Å². The summed E-state index contributed by atoms with van der Waals surface area (Å²) in [6.07, 6.45) is 3.66. The molecule has 0 unspecified atom stereocenters. The summed E-state index contributed by atoms with van der Waals surface area (Å²) in [5.41, 5.74) is 1.42. The number of fused-ring (bicyclic) bond motifs is 2. The molecule has 2 aliphatic rings. The number of hydrogen-bond donors (Lipinski definition) is 0.